The number of aromatic nitrogens is 1. The first-order valence-electron chi connectivity index (χ1n) is 6.99. The van der Waals surface area contributed by atoms with Gasteiger partial charge in [0.05, 0.1) is 11.8 Å². The molecule has 1 fully saturated rings. The molecule has 0 spiro atoms. The predicted molar refractivity (Wildman–Crippen MR) is 77.9 cm³/mol. The second-order valence-electron chi connectivity index (χ2n) is 5.70. The van der Waals surface area contributed by atoms with Gasteiger partial charge in [0.2, 0.25) is 0 Å². The van der Waals surface area contributed by atoms with E-state index in [2.05, 4.69) is 4.98 Å². The van der Waals surface area contributed by atoms with Gasteiger partial charge in [-0.05, 0) is 33.6 Å². The highest BCUT2D eigenvalue weighted by Gasteiger charge is 2.26. The van der Waals surface area contributed by atoms with Crippen LogP contribution >= 0.6 is 11.3 Å². The van der Waals surface area contributed by atoms with Gasteiger partial charge in [-0.2, -0.15) is 0 Å². The van der Waals surface area contributed by atoms with Crippen LogP contribution in [0.1, 0.15) is 54.4 Å². The molecule has 0 aliphatic carbocycles. The van der Waals surface area contributed by atoms with E-state index < -0.39 is 5.60 Å². The number of thiazole rings is 1. The number of rotatable bonds is 5. The quantitative estimate of drug-likeness (QED) is 0.905. The van der Waals surface area contributed by atoms with Gasteiger partial charge in [0.25, 0.3) is 5.91 Å². The Morgan fingerprint density at radius 3 is 2.95 bits per heavy atom. The normalized spacial score (nSPS) is 19.3. The van der Waals surface area contributed by atoms with Crippen LogP contribution in [0.2, 0.25) is 0 Å². The number of hydrogen-bond acceptors (Lipinski definition) is 5. The Kier molecular flexibility index (Phi) is 4.78. The summed E-state index contributed by atoms with van der Waals surface area (Å²) in [5.41, 5.74) is -0.895. The fraction of sp³-hybridized carbons (Fsp3) is 0.714. The number of carbonyl (C=O) groups is 1. The molecule has 1 aromatic heterocycles. The number of carbonyl (C=O) groups excluding carboxylic acids is 1. The molecule has 2 rings (SSSR count). The molecule has 1 unspecified atom stereocenters. The van der Waals surface area contributed by atoms with Gasteiger partial charge in [0.1, 0.15) is 16.0 Å². The van der Waals surface area contributed by atoms with E-state index in [1.165, 1.54) is 11.3 Å². The second kappa shape index (κ2) is 6.20. The van der Waals surface area contributed by atoms with E-state index in [0.29, 0.717) is 18.0 Å². The zero-order valence-electron chi connectivity index (χ0n) is 12.3. The van der Waals surface area contributed by atoms with E-state index in [1.807, 2.05) is 6.92 Å². The molecule has 1 aliphatic heterocycles. The minimum absolute atomic E-state index is 0.0471. The summed E-state index contributed by atoms with van der Waals surface area (Å²) in [6, 6.07) is 0. The van der Waals surface area contributed by atoms with Gasteiger partial charge < -0.3 is 14.7 Å². The molecule has 1 amide bonds. The minimum Gasteiger partial charge on any atom is -0.389 e. The van der Waals surface area contributed by atoms with Gasteiger partial charge >= 0.3 is 0 Å². The Labute approximate surface area is 123 Å². The molecule has 1 saturated heterocycles. The van der Waals surface area contributed by atoms with Gasteiger partial charge in [-0.1, -0.05) is 0 Å². The van der Waals surface area contributed by atoms with Crippen LogP contribution < -0.4 is 0 Å². The molecule has 20 heavy (non-hydrogen) atoms. The first kappa shape index (κ1) is 15.4. The van der Waals surface area contributed by atoms with Crippen molar-refractivity contribution in [3.63, 3.8) is 0 Å². The summed E-state index contributed by atoms with van der Waals surface area (Å²) in [6.07, 6.45) is 3.69. The van der Waals surface area contributed by atoms with Crippen LogP contribution in [-0.4, -0.2) is 46.2 Å². The lowest BCUT2D eigenvalue weighted by atomic mass is 10.1. The van der Waals surface area contributed by atoms with E-state index in [9.17, 15) is 9.90 Å². The largest absolute Gasteiger partial charge is 0.389 e. The lowest BCUT2D eigenvalue weighted by Gasteiger charge is -2.27. The first-order valence-corrected chi connectivity index (χ1v) is 7.81. The summed E-state index contributed by atoms with van der Waals surface area (Å²) in [4.78, 5) is 19.0. The maximum atomic E-state index is 12.4. The van der Waals surface area contributed by atoms with Crippen LogP contribution in [0.5, 0.6) is 0 Å². The van der Waals surface area contributed by atoms with Crippen molar-refractivity contribution >= 4 is 17.2 Å². The molecular weight excluding hydrogens is 276 g/mol. The third kappa shape index (κ3) is 3.77. The maximum Gasteiger partial charge on any atom is 0.265 e. The van der Waals surface area contributed by atoms with Crippen LogP contribution in [0.25, 0.3) is 0 Å². The molecule has 0 radical (unpaired) electrons. The third-order valence-corrected chi connectivity index (χ3v) is 4.26. The number of likely N-dealkylation sites (N-methyl/N-ethyl adjacent to an activating group) is 1. The fourth-order valence-electron chi connectivity index (χ4n) is 2.26. The number of amides is 1. The highest BCUT2D eigenvalue weighted by Crippen LogP contribution is 2.31. The molecule has 0 aromatic carbocycles. The van der Waals surface area contributed by atoms with Crippen LogP contribution in [0.15, 0.2) is 6.20 Å². The smallest absolute Gasteiger partial charge is 0.265 e. The van der Waals surface area contributed by atoms with E-state index in [1.54, 1.807) is 24.9 Å². The zero-order chi connectivity index (χ0) is 14.8. The summed E-state index contributed by atoms with van der Waals surface area (Å²) < 4.78 is 5.58. The van der Waals surface area contributed by atoms with Gasteiger partial charge in [-0.15, -0.1) is 11.3 Å². The summed E-state index contributed by atoms with van der Waals surface area (Å²) in [7, 11) is 0. The van der Waals surface area contributed by atoms with E-state index >= 15 is 0 Å². The Bertz CT molecular complexity index is 461. The van der Waals surface area contributed by atoms with Crippen molar-refractivity contribution in [1.29, 1.82) is 0 Å². The Balaban J connectivity index is 2.07. The fourth-order valence-corrected chi connectivity index (χ4v) is 3.23. The first-order chi connectivity index (χ1) is 9.40. The molecule has 1 N–H and O–H groups in total. The van der Waals surface area contributed by atoms with Gasteiger partial charge in [-0.3, -0.25) is 4.79 Å². The Hall–Kier alpha value is -0.980. The van der Waals surface area contributed by atoms with Crippen molar-refractivity contribution in [1.82, 2.24) is 9.88 Å². The van der Waals surface area contributed by atoms with Crippen molar-refractivity contribution in [3.05, 3.63) is 16.1 Å². The van der Waals surface area contributed by atoms with Crippen molar-refractivity contribution in [2.24, 2.45) is 0 Å². The van der Waals surface area contributed by atoms with Crippen LogP contribution in [0, 0.1) is 0 Å². The van der Waals surface area contributed by atoms with Gasteiger partial charge in [0, 0.05) is 19.7 Å². The molecule has 2 heterocycles. The highest BCUT2D eigenvalue weighted by atomic mass is 32.1. The van der Waals surface area contributed by atoms with E-state index in [4.69, 9.17) is 4.74 Å². The number of nitrogens with zero attached hydrogens (tertiary/aromatic N) is 2. The molecule has 5 nitrogen and oxygen atoms in total. The molecule has 112 valence electrons. The van der Waals surface area contributed by atoms with Gasteiger partial charge in [-0.25, -0.2) is 4.98 Å². The third-order valence-electron chi connectivity index (χ3n) is 3.19. The van der Waals surface area contributed by atoms with Crippen LogP contribution in [0.4, 0.5) is 0 Å². The molecule has 6 heteroatoms. The van der Waals surface area contributed by atoms with Crippen molar-refractivity contribution in [2.45, 2.75) is 45.3 Å². The monoisotopic (exact) mass is 298 g/mol. The number of aliphatic hydroxyl groups is 1. The van der Waals surface area contributed by atoms with Crippen molar-refractivity contribution < 1.29 is 14.6 Å². The molecule has 0 bridgehead atoms. The molecular formula is C14H22N2O3S. The highest BCUT2D eigenvalue weighted by molar-refractivity contribution is 7.13. The molecule has 1 aliphatic rings. The second-order valence-corrected chi connectivity index (χ2v) is 6.76. The minimum atomic E-state index is -0.895. The summed E-state index contributed by atoms with van der Waals surface area (Å²) >= 11 is 1.40. The molecule has 1 aromatic rings. The van der Waals surface area contributed by atoms with Crippen LogP contribution in [-0.2, 0) is 4.74 Å². The predicted octanol–water partition coefficient (Wildman–Crippen LogP) is 2.23. The Morgan fingerprint density at radius 2 is 2.40 bits per heavy atom. The maximum absolute atomic E-state index is 12.4. The topological polar surface area (TPSA) is 62.7 Å². The standard InChI is InChI=1S/C14H22N2O3S/c1-4-16(9-14(2,3)18)13(17)11-8-15-12(20-11)10-6-5-7-19-10/h8,10,18H,4-7,9H2,1-3H3. The van der Waals surface area contributed by atoms with Crippen LogP contribution in [0.3, 0.4) is 0 Å². The van der Waals surface area contributed by atoms with Gasteiger partial charge in [0.15, 0.2) is 0 Å². The lowest BCUT2D eigenvalue weighted by molar-refractivity contribution is 0.0317. The number of ether oxygens (including phenoxy) is 1. The van der Waals surface area contributed by atoms with E-state index in [0.717, 1.165) is 24.5 Å². The van der Waals surface area contributed by atoms with Crippen molar-refractivity contribution in [3.8, 4) is 0 Å². The number of hydrogen-bond donors (Lipinski definition) is 1. The van der Waals surface area contributed by atoms with Crippen molar-refractivity contribution in [2.75, 3.05) is 19.7 Å². The summed E-state index contributed by atoms with van der Waals surface area (Å²) in [6.45, 7) is 6.96. The summed E-state index contributed by atoms with van der Waals surface area (Å²) in [5, 5.41) is 10.7. The average molecular weight is 298 g/mol. The zero-order valence-corrected chi connectivity index (χ0v) is 13.1. The average Bonchev–Trinajstić information content (AvgIpc) is 3.03. The van der Waals surface area contributed by atoms with E-state index in [-0.39, 0.29) is 12.0 Å². The molecule has 0 saturated carbocycles. The molecule has 1 atom stereocenters. The summed E-state index contributed by atoms with van der Waals surface area (Å²) in [5.74, 6) is -0.0728. The lowest BCUT2D eigenvalue weighted by Crippen LogP contribution is -2.41. The SMILES string of the molecule is CCN(CC(C)(C)O)C(=O)c1cnc(C2CCCO2)s1. The Morgan fingerprint density at radius 1 is 1.65 bits per heavy atom.